The number of nitrogens with zero attached hydrogens (tertiary/aromatic N) is 7. The Balaban J connectivity index is 1.42. The van der Waals surface area contributed by atoms with Crippen LogP contribution in [0.1, 0.15) is 42.8 Å². The summed E-state index contributed by atoms with van der Waals surface area (Å²) in [5.41, 5.74) is 3.24. The molecule has 0 saturated heterocycles. The van der Waals surface area contributed by atoms with Gasteiger partial charge in [-0.15, -0.1) is 5.10 Å². The first kappa shape index (κ1) is 25.1. The third-order valence-corrected chi connectivity index (χ3v) is 6.46. The highest BCUT2D eigenvalue weighted by Gasteiger charge is 2.28. The number of rotatable bonds is 8. The van der Waals surface area contributed by atoms with Crippen LogP contribution in [0.3, 0.4) is 0 Å². The van der Waals surface area contributed by atoms with E-state index in [0.29, 0.717) is 47.9 Å². The Hall–Kier alpha value is -3.96. The highest BCUT2D eigenvalue weighted by molar-refractivity contribution is 5.70. The van der Waals surface area contributed by atoms with Gasteiger partial charge in [0.25, 0.3) is 0 Å². The molecule has 0 spiro atoms. The number of aliphatic carboxylic acids is 1. The van der Waals surface area contributed by atoms with E-state index in [9.17, 15) is 14.7 Å². The summed E-state index contributed by atoms with van der Waals surface area (Å²) >= 11 is 0. The second-order valence-electron chi connectivity index (χ2n) is 9.09. The Morgan fingerprint density at radius 1 is 1.19 bits per heavy atom. The van der Waals surface area contributed by atoms with Crippen LogP contribution in [0.25, 0.3) is 11.4 Å². The first-order chi connectivity index (χ1) is 17.2. The van der Waals surface area contributed by atoms with Gasteiger partial charge in [-0.05, 0) is 50.8 Å². The molecule has 1 N–H and O–H groups in total. The molecule has 3 aromatic heterocycles. The lowest BCUT2D eigenvalue weighted by molar-refractivity contribution is -0.143. The highest BCUT2D eigenvalue weighted by Crippen LogP contribution is 2.30. The Morgan fingerprint density at radius 3 is 2.69 bits per heavy atom. The van der Waals surface area contributed by atoms with E-state index in [1.54, 1.807) is 35.7 Å². The van der Waals surface area contributed by atoms with Crippen molar-refractivity contribution in [3.8, 4) is 17.1 Å². The van der Waals surface area contributed by atoms with Crippen molar-refractivity contribution < 1.29 is 24.2 Å². The number of carbonyl (C=O) groups excluding carboxylic acids is 1. The molecule has 2 atom stereocenters. The van der Waals surface area contributed by atoms with Crippen molar-refractivity contribution in [2.24, 2.45) is 20.0 Å². The number of hydrogen-bond acceptors (Lipinski definition) is 8. The fraction of sp³-hybridized carbons (Fsp3) is 0.500. The number of carboxylic acids is 1. The highest BCUT2D eigenvalue weighted by atomic mass is 16.6. The fourth-order valence-corrected chi connectivity index (χ4v) is 4.30. The summed E-state index contributed by atoms with van der Waals surface area (Å²) < 4.78 is 14.9. The molecular weight excluding hydrogens is 466 g/mol. The van der Waals surface area contributed by atoms with Gasteiger partial charge in [0, 0.05) is 27.3 Å². The number of carboxylic acid groups (broad SMARTS) is 1. The van der Waals surface area contributed by atoms with Crippen molar-refractivity contribution in [1.29, 1.82) is 0 Å². The second kappa shape index (κ2) is 10.8. The summed E-state index contributed by atoms with van der Waals surface area (Å²) in [5.74, 6) is -0.527. The van der Waals surface area contributed by atoms with Gasteiger partial charge in [0.05, 0.1) is 35.6 Å². The molecule has 192 valence electrons. The SMILES string of the molecule is Cc1nc(-c2nnn(C)c2COC(=O)N(C)Cc2ccnn2C)ccc1O[C@H]1CCC[C@H](C(=O)O)C1. The molecule has 0 aromatic carbocycles. The van der Waals surface area contributed by atoms with Gasteiger partial charge in [-0.3, -0.25) is 9.48 Å². The van der Waals surface area contributed by atoms with Gasteiger partial charge < -0.3 is 19.5 Å². The van der Waals surface area contributed by atoms with E-state index in [2.05, 4.69) is 20.4 Å². The zero-order valence-electron chi connectivity index (χ0n) is 20.9. The van der Waals surface area contributed by atoms with Crippen LogP contribution in [0.2, 0.25) is 0 Å². The predicted molar refractivity (Wildman–Crippen MR) is 128 cm³/mol. The molecule has 1 aliphatic rings. The third-order valence-electron chi connectivity index (χ3n) is 6.46. The summed E-state index contributed by atoms with van der Waals surface area (Å²) in [5, 5.41) is 21.7. The molecule has 12 nitrogen and oxygen atoms in total. The van der Waals surface area contributed by atoms with Crippen LogP contribution < -0.4 is 4.74 Å². The lowest BCUT2D eigenvalue weighted by Crippen LogP contribution is -2.29. The first-order valence-corrected chi connectivity index (χ1v) is 11.8. The van der Waals surface area contributed by atoms with Crippen molar-refractivity contribution >= 4 is 12.1 Å². The number of pyridine rings is 1. The van der Waals surface area contributed by atoms with Crippen molar-refractivity contribution in [2.45, 2.75) is 51.9 Å². The minimum atomic E-state index is -0.771. The van der Waals surface area contributed by atoms with E-state index in [0.717, 1.165) is 18.5 Å². The summed E-state index contributed by atoms with van der Waals surface area (Å²) in [4.78, 5) is 30.0. The minimum absolute atomic E-state index is 0.0228. The number of amides is 1. The van der Waals surface area contributed by atoms with Gasteiger partial charge in [-0.2, -0.15) is 5.10 Å². The molecule has 0 radical (unpaired) electrons. The van der Waals surface area contributed by atoms with Crippen LogP contribution in [-0.2, 0) is 36.8 Å². The Morgan fingerprint density at radius 2 is 2.00 bits per heavy atom. The third kappa shape index (κ3) is 5.64. The number of aromatic nitrogens is 6. The van der Waals surface area contributed by atoms with Crippen LogP contribution in [0.5, 0.6) is 5.75 Å². The van der Waals surface area contributed by atoms with Crippen LogP contribution in [-0.4, -0.2) is 65.0 Å². The molecule has 0 bridgehead atoms. The fourth-order valence-electron chi connectivity index (χ4n) is 4.30. The summed E-state index contributed by atoms with van der Waals surface area (Å²) in [6, 6.07) is 5.44. The molecule has 36 heavy (non-hydrogen) atoms. The maximum absolute atomic E-state index is 12.5. The Labute approximate surface area is 208 Å². The van der Waals surface area contributed by atoms with Crippen molar-refractivity contribution in [1.82, 2.24) is 34.7 Å². The average Bonchev–Trinajstić information content (AvgIpc) is 3.43. The predicted octanol–water partition coefficient (Wildman–Crippen LogP) is 2.71. The molecular formula is C24H31N7O5. The smallest absolute Gasteiger partial charge is 0.410 e. The van der Waals surface area contributed by atoms with Crippen LogP contribution in [0.4, 0.5) is 4.79 Å². The average molecular weight is 498 g/mol. The van der Waals surface area contributed by atoms with Gasteiger partial charge in [0.2, 0.25) is 0 Å². The monoisotopic (exact) mass is 497 g/mol. The number of carbonyl (C=O) groups is 2. The zero-order valence-corrected chi connectivity index (χ0v) is 20.9. The molecule has 3 aromatic rings. The molecule has 1 amide bonds. The molecule has 1 fully saturated rings. The maximum atomic E-state index is 12.5. The molecule has 1 saturated carbocycles. The number of ether oxygens (including phenoxy) is 2. The van der Waals surface area contributed by atoms with Gasteiger partial charge in [0.15, 0.2) is 0 Å². The van der Waals surface area contributed by atoms with E-state index >= 15 is 0 Å². The van der Waals surface area contributed by atoms with Gasteiger partial charge in [0.1, 0.15) is 23.7 Å². The Kier molecular flexibility index (Phi) is 7.51. The van der Waals surface area contributed by atoms with E-state index in [4.69, 9.17) is 9.47 Å². The van der Waals surface area contributed by atoms with Crippen LogP contribution >= 0.6 is 0 Å². The molecule has 0 unspecified atom stereocenters. The molecule has 1 aliphatic carbocycles. The zero-order chi connectivity index (χ0) is 25.8. The largest absolute Gasteiger partial charge is 0.489 e. The topological polar surface area (TPSA) is 137 Å². The van der Waals surface area contributed by atoms with Crippen LogP contribution in [0, 0.1) is 12.8 Å². The Bertz CT molecular complexity index is 1240. The molecule has 0 aliphatic heterocycles. The normalized spacial score (nSPS) is 17.6. The number of hydrogen-bond donors (Lipinski definition) is 1. The van der Waals surface area contributed by atoms with E-state index in [1.807, 2.05) is 26.1 Å². The van der Waals surface area contributed by atoms with Gasteiger partial charge in [-0.1, -0.05) is 5.21 Å². The summed E-state index contributed by atoms with van der Waals surface area (Å²) in [7, 11) is 5.20. The second-order valence-corrected chi connectivity index (χ2v) is 9.09. The van der Waals surface area contributed by atoms with Crippen molar-refractivity contribution in [3.63, 3.8) is 0 Å². The van der Waals surface area contributed by atoms with Crippen LogP contribution in [0.15, 0.2) is 24.4 Å². The van der Waals surface area contributed by atoms with Gasteiger partial charge >= 0.3 is 12.1 Å². The minimum Gasteiger partial charge on any atom is -0.489 e. The van der Waals surface area contributed by atoms with Crippen molar-refractivity contribution in [2.75, 3.05) is 7.05 Å². The quantitative estimate of drug-likeness (QED) is 0.498. The molecule has 12 heteroatoms. The van der Waals surface area contributed by atoms with Gasteiger partial charge in [-0.25, -0.2) is 14.5 Å². The van der Waals surface area contributed by atoms with Crippen molar-refractivity contribution in [3.05, 3.63) is 41.5 Å². The molecule has 3 heterocycles. The lowest BCUT2D eigenvalue weighted by Gasteiger charge is -2.27. The van der Waals surface area contributed by atoms with E-state index in [-0.39, 0.29) is 18.6 Å². The first-order valence-electron chi connectivity index (χ1n) is 11.8. The number of aryl methyl sites for hydroxylation is 3. The summed E-state index contributed by atoms with van der Waals surface area (Å²) in [6.07, 6.45) is 3.86. The maximum Gasteiger partial charge on any atom is 0.410 e. The standard InChI is InChI=1S/C24H31N7O5/c1-15-21(36-18-7-5-6-16(12-18)23(32)33)9-8-19(26-15)22-20(31(4)28-27-22)14-35-24(34)29(2)13-17-10-11-25-30(17)3/h8-11,16,18H,5-7,12-14H2,1-4H3,(H,32,33)/t16-,18-/m0/s1. The van der Waals surface area contributed by atoms with E-state index < -0.39 is 12.1 Å². The molecule has 4 rings (SSSR count). The van der Waals surface area contributed by atoms with E-state index in [1.165, 1.54) is 4.90 Å². The summed E-state index contributed by atoms with van der Waals surface area (Å²) in [6.45, 7) is 2.17. The lowest BCUT2D eigenvalue weighted by atomic mass is 9.87.